The molecule has 0 aliphatic heterocycles. The highest BCUT2D eigenvalue weighted by Gasteiger charge is 2.17. The molecule has 0 fully saturated rings. The average Bonchev–Trinajstić information content (AvgIpc) is 3.28. The second-order valence-electron chi connectivity index (χ2n) is 18.2. The van der Waals surface area contributed by atoms with Gasteiger partial charge in [0, 0.05) is 25.3 Å². The van der Waals surface area contributed by atoms with E-state index in [1.165, 1.54) is 103 Å². The Bertz CT molecular complexity index is 1040. The molecule has 8 heteroatoms. The first-order valence-corrected chi connectivity index (χ1v) is 27.1. The average molecular weight is 890 g/mol. The molecule has 0 saturated heterocycles. The highest BCUT2D eigenvalue weighted by Crippen LogP contribution is 2.20. The van der Waals surface area contributed by atoms with E-state index >= 15 is 0 Å². The van der Waals surface area contributed by atoms with E-state index in [0.717, 1.165) is 129 Å². The monoisotopic (exact) mass is 890 g/mol. The lowest BCUT2D eigenvalue weighted by molar-refractivity contribution is -0.150. The molecule has 0 aliphatic carbocycles. The summed E-state index contributed by atoms with van der Waals surface area (Å²) in [5, 5.41) is 0. The number of esters is 2. The molecule has 0 bridgehead atoms. The molecule has 8 nitrogen and oxygen atoms in total. The lowest BCUT2D eigenvalue weighted by Gasteiger charge is -2.18. The van der Waals surface area contributed by atoms with Crippen LogP contribution in [-0.2, 0) is 28.5 Å². The molecule has 0 radical (unpaired) electrons. The number of ether oxygens (including phenoxy) is 4. The lowest BCUT2D eigenvalue weighted by atomic mass is 10.0. The van der Waals surface area contributed by atoms with Gasteiger partial charge in [-0.3, -0.25) is 9.59 Å². The van der Waals surface area contributed by atoms with E-state index in [9.17, 15) is 14.4 Å². The van der Waals surface area contributed by atoms with Gasteiger partial charge in [0.2, 0.25) is 0 Å². The zero-order chi connectivity index (χ0) is 46.1. The number of carbonyl (C=O) groups is 3. The first kappa shape index (κ1) is 60.6. The summed E-state index contributed by atoms with van der Waals surface area (Å²) < 4.78 is 22.6. The summed E-state index contributed by atoms with van der Waals surface area (Å²) in [4.78, 5) is 40.2. The van der Waals surface area contributed by atoms with Crippen LogP contribution in [0, 0.1) is 5.92 Å². The van der Waals surface area contributed by atoms with Gasteiger partial charge in [-0.15, -0.1) is 0 Å². The predicted molar refractivity (Wildman–Crippen MR) is 266 cm³/mol. The first-order valence-electron chi connectivity index (χ1n) is 27.1. The highest BCUT2D eigenvalue weighted by molar-refractivity contribution is 5.69. The highest BCUT2D eigenvalue weighted by atomic mass is 16.7. The summed E-state index contributed by atoms with van der Waals surface area (Å²) in [6, 6.07) is 0. The molecule has 0 amide bonds. The Morgan fingerprint density at radius 1 is 0.444 bits per heavy atom. The zero-order valence-electron chi connectivity index (χ0n) is 42.3. The SMILES string of the molecule is CCCCC/C=C\C/C=C\CCCCCCCC(=O)OCC(CCCCCCCCC(=O)OC(CCCCCCCC)CCCCCCCC)COC(=O)OCCCN(CC)CC. The van der Waals surface area contributed by atoms with Crippen LogP contribution in [0.3, 0.4) is 0 Å². The second kappa shape index (κ2) is 49.1. The van der Waals surface area contributed by atoms with Crippen molar-refractivity contribution in [1.82, 2.24) is 4.90 Å². The fraction of sp³-hybridized carbons (Fsp3) is 0.873. The van der Waals surface area contributed by atoms with Gasteiger partial charge < -0.3 is 23.8 Å². The maximum atomic E-state index is 12.8. The minimum Gasteiger partial charge on any atom is -0.465 e. The van der Waals surface area contributed by atoms with Crippen LogP contribution in [0.4, 0.5) is 4.79 Å². The van der Waals surface area contributed by atoms with Crippen molar-refractivity contribution >= 4 is 18.1 Å². The fourth-order valence-corrected chi connectivity index (χ4v) is 8.01. The number of carbonyl (C=O) groups excluding carboxylic acids is 3. The van der Waals surface area contributed by atoms with Gasteiger partial charge in [-0.05, 0) is 96.6 Å². The van der Waals surface area contributed by atoms with Gasteiger partial charge in [0.15, 0.2) is 0 Å². The molecule has 0 spiro atoms. The van der Waals surface area contributed by atoms with Crippen LogP contribution in [0.5, 0.6) is 0 Å². The maximum absolute atomic E-state index is 12.8. The third-order valence-corrected chi connectivity index (χ3v) is 12.3. The summed E-state index contributed by atoms with van der Waals surface area (Å²) in [6.07, 6.45) is 47.0. The van der Waals surface area contributed by atoms with E-state index in [2.05, 4.69) is 63.8 Å². The minimum absolute atomic E-state index is 0.0211. The Labute approximate surface area is 390 Å². The fourth-order valence-electron chi connectivity index (χ4n) is 8.01. The Morgan fingerprint density at radius 2 is 0.889 bits per heavy atom. The van der Waals surface area contributed by atoms with Crippen molar-refractivity contribution in [2.24, 2.45) is 5.92 Å². The largest absolute Gasteiger partial charge is 0.508 e. The molecular formula is C55H103NO7. The van der Waals surface area contributed by atoms with E-state index < -0.39 is 6.16 Å². The van der Waals surface area contributed by atoms with Crippen LogP contribution in [0.25, 0.3) is 0 Å². The van der Waals surface area contributed by atoms with Crippen molar-refractivity contribution in [3.05, 3.63) is 24.3 Å². The number of unbranched alkanes of at least 4 members (excludes halogenated alkanes) is 23. The molecule has 0 heterocycles. The van der Waals surface area contributed by atoms with E-state index in [4.69, 9.17) is 18.9 Å². The summed E-state index contributed by atoms with van der Waals surface area (Å²) >= 11 is 0. The van der Waals surface area contributed by atoms with E-state index in [-0.39, 0.29) is 37.2 Å². The van der Waals surface area contributed by atoms with Crippen molar-refractivity contribution in [2.75, 3.05) is 39.5 Å². The number of nitrogens with zero attached hydrogens (tertiary/aromatic N) is 1. The molecule has 1 atom stereocenters. The van der Waals surface area contributed by atoms with E-state index in [1.54, 1.807) is 0 Å². The van der Waals surface area contributed by atoms with Crippen LogP contribution < -0.4 is 0 Å². The molecule has 0 aliphatic rings. The van der Waals surface area contributed by atoms with Crippen molar-refractivity contribution in [3.63, 3.8) is 0 Å². The molecule has 0 aromatic rings. The standard InChI is InChI=1S/C55H103NO7/c1-6-11-14-17-20-21-22-23-24-25-26-27-28-34-39-45-53(57)61-49-51(50-62-55(59)60-48-41-47-56(9-4)10-5)42-36-31-29-30-35-40-46-54(58)63-52(43-37-32-18-15-12-7-2)44-38-33-19-16-13-8-3/h20-21,23-24,51-52H,6-19,22,25-50H2,1-5H3/b21-20-,24-23-. The van der Waals surface area contributed by atoms with E-state index in [0.29, 0.717) is 19.4 Å². The molecule has 0 aromatic carbocycles. The molecule has 370 valence electrons. The topological polar surface area (TPSA) is 91.4 Å². The van der Waals surface area contributed by atoms with E-state index in [1.807, 2.05) is 0 Å². The summed E-state index contributed by atoms with van der Waals surface area (Å²) in [5.41, 5.74) is 0. The van der Waals surface area contributed by atoms with Gasteiger partial charge in [-0.2, -0.15) is 0 Å². The smallest absolute Gasteiger partial charge is 0.465 e. The van der Waals surface area contributed by atoms with Crippen LogP contribution in [0.2, 0.25) is 0 Å². The normalized spacial score (nSPS) is 12.2. The first-order chi connectivity index (χ1) is 30.9. The van der Waals surface area contributed by atoms with Crippen molar-refractivity contribution < 1.29 is 33.3 Å². The molecule has 0 N–H and O–H groups in total. The van der Waals surface area contributed by atoms with Crippen LogP contribution >= 0.6 is 0 Å². The maximum Gasteiger partial charge on any atom is 0.508 e. The van der Waals surface area contributed by atoms with Gasteiger partial charge in [0.1, 0.15) is 12.7 Å². The van der Waals surface area contributed by atoms with Crippen molar-refractivity contribution in [3.8, 4) is 0 Å². The van der Waals surface area contributed by atoms with Crippen molar-refractivity contribution in [1.29, 1.82) is 0 Å². The molecule has 63 heavy (non-hydrogen) atoms. The third kappa shape index (κ3) is 44.6. The van der Waals surface area contributed by atoms with Gasteiger partial charge >= 0.3 is 18.1 Å². The summed E-state index contributed by atoms with van der Waals surface area (Å²) in [7, 11) is 0. The zero-order valence-corrected chi connectivity index (χ0v) is 42.3. The molecule has 1 unspecified atom stereocenters. The quantitative estimate of drug-likeness (QED) is 0.0258. The van der Waals surface area contributed by atoms with Crippen LogP contribution in [0.1, 0.15) is 259 Å². The number of hydrogen-bond donors (Lipinski definition) is 0. The van der Waals surface area contributed by atoms with Gasteiger partial charge in [0.25, 0.3) is 0 Å². The lowest BCUT2D eigenvalue weighted by Crippen LogP contribution is -2.25. The second-order valence-corrected chi connectivity index (χ2v) is 18.2. The molecule has 0 rings (SSSR count). The molecular weight excluding hydrogens is 787 g/mol. The van der Waals surface area contributed by atoms with Crippen LogP contribution in [0.15, 0.2) is 24.3 Å². The Hall–Kier alpha value is -2.35. The van der Waals surface area contributed by atoms with Gasteiger partial charge in [0.05, 0.1) is 13.2 Å². The Balaban J connectivity index is 4.56. The molecule has 0 saturated carbocycles. The Morgan fingerprint density at radius 3 is 1.44 bits per heavy atom. The number of allylic oxidation sites excluding steroid dienone is 4. The summed E-state index contributed by atoms with van der Waals surface area (Å²) in [6.45, 7) is 14.6. The number of rotatable bonds is 48. The predicted octanol–water partition coefficient (Wildman–Crippen LogP) is 16.4. The Kier molecular flexibility index (Phi) is 47.3. The van der Waals surface area contributed by atoms with Gasteiger partial charge in [-0.25, -0.2) is 4.79 Å². The van der Waals surface area contributed by atoms with Crippen LogP contribution in [-0.4, -0.2) is 68.6 Å². The summed E-state index contributed by atoms with van der Waals surface area (Å²) in [5.74, 6) is -0.247. The van der Waals surface area contributed by atoms with Gasteiger partial charge in [-0.1, -0.05) is 187 Å². The number of hydrogen-bond acceptors (Lipinski definition) is 8. The van der Waals surface area contributed by atoms with Crippen molar-refractivity contribution in [2.45, 2.75) is 265 Å². The third-order valence-electron chi connectivity index (χ3n) is 12.3. The molecule has 0 aromatic heterocycles. The minimum atomic E-state index is -0.648.